The van der Waals surface area contributed by atoms with Crippen molar-refractivity contribution in [3.05, 3.63) is 59.0 Å². The van der Waals surface area contributed by atoms with E-state index in [0.29, 0.717) is 23.6 Å². The van der Waals surface area contributed by atoms with Crippen LogP contribution in [-0.2, 0) is 25.8 Å². The van der Waals surface area contributed by atoms with Gasteiger partial charge in [0.05, 0.1) is 17.4 Å². The molecule has 0 spiro atoms. The molecule has 2 aliphatic heterocycles. The molecule has 1 fully saturated rings. The molecule has 2 aromatic rings. The zero-order valence-corrected chi connectivity index (χ0v) is 20.0. The molecule has 182 valence electrons. The molecule has 4 rings (SSSR count). The zero-order chi connectivity index (χ0) is 25.1. The minimum atomic E-state index is -1.47. The molecule has 5 N–H and O–H groups in total. The Labute approximate surface area is 207 Å². The normalized spacial score (nSPS) is 20.0. The third kappa shape index (κ3) is 4.97. The van der Waals surface area contributed by atoms with Crippen molar-refractivity contribution in [3.8, 4) is 0 Å². The van der Waals surface area contributed by atoms with Crippen molar-refractivity contribution in [1.29, 1.82) is 0 Å². The minimum absolute atomic E-state index is 0.147. The molecule has 2 aliphatic rings. The third-order valence-corrected chi connectivity index (χ3v) is 7.13. The van der Waals surface area contributed by atoms with Gasteiger partial charge in [0.1, 0.15) is 24.2 Å². The Balaban J connectivity index is 1.49. The summed E-state index contributed by atoms with van der Waals surface area (Å²) in [5, 5.41) is 19.4. The van der Waals surface area contributed by atoms with E-state index in [1.807, 2.05) is 10.8 Å². The van der Waals surface area contributed by atoms with Crippen LogP contribution in [0.25, 0.3) is 0 Å². The highest BCUT2D eigenvalue weighted by Crippen LogP contribution is 2.40. The van der Waals surface area contributed by atoms with E-state index in [9.17, 15) is 19.5 Å². The van der Waals surface area contributed by atoms with Gasteiger partial charge in [-0.05, 0) is 17.7 Å². The van der Waals surface area contributed by atoms with Gasteiger partial charge in [0, 0.05) is 17.2 Å². The van der Waals surface area contributed by atoms with Gasteiger partial charge in [-0.25, -0.2) is 4.98 Å². The number of aliphatic carboxylic acids is 1. The molecule has 12 nitrogen and oxygen atoms in total. The first-order chi connectivity index (χ1) is 16.8. The lowest BCUT2D eigenvalue weighted by Crippen LogP contribution is -2.71. The van der Waals surface area contributed by atoms with Crippen LogP contribution in [0.3, 0.4) is 0 Å². The molecule has 35 heavy (non-hydrogen) atoms. The number of pyridine rings is 1. The number of oxime groups is 1. The Bertz CT molecular complexity index is 1270. The third-order valence-electron chi connectivity index (χ3n) is 5.16. The molecule has 0 aliphatic carbocycles. The summed E-state index contributed by atoms with van der Waals surface area (Å²) < 4.78 is 1.83. The number of hydrogen-bond donors (Lipinski definition) is 3. The summed E-state index contributed by atoms with van der Waals surface area (Å²) in [6, 6.07) is 2.61. The van der Waals surface area contributed by atoms with E-state index in [2.05, 4.69) is 15.5 Å². The van der Waals surface area contributed by atoms with Crippen LogP contribution in [-0.4, -0.2) is 57.7 Å². The van der Waals surface area contributed by atoms with Crippen LogP contribution < -0.4 is 26.5 Å². The van der Waals surface area contributed by atoms with Gasteiger partial charge in [0.25, 0.3) is 11.8 Å². The van der Waals surface area contributed by atoms with E-state index in [4.69, 9.17) is 16.3 Å². The van der Waals surface area contributed by atoms with Gasteiger partial charge < -0.3 is 31.5 Å². The number of carboxylic acids is 1. The molecule has 0 bridgehead atoms. The number of nitrogens with one attached hydrogen (secondary N) is 1. The Morgan fingerprint density at radius 2 is 2.26 bits per heavy atom. The molecule has 14 heteroatoms. The maximum absolute atomic E-state index is 12.9. The van der Waals surface area contributed by atoms with E-state index in [0.717, 1.165) is 16.2 Å². The molecule has 0 aromatic carbocycles. The van der Waals surface area contributed by atoms with Gasteiger partial charge in [0.2, 0.25) is 0 Å². The number of nitrogens with zero attached hydrogens (tertiary/aromatic N) is 4. The predicted molar refractivity (Wildman–Crippen MR) is 127 cm³/mol. The first kappa shape index (κ1) is 24.2. The van der Waals surface area contributed by atoms with Gasteiger partial charge in [-0.15, -0.1) is 23.1 Å². The summed E-state index contributed by atoms with van der Waals surface area (Å²) >= 11 is 2.45. The Morgan fingerprint density at radius 3 is 2.91 bits per heavy atom. The van der Waals surface area contributed by atoms with E-state index < -0.39 is 29.2 Å². The second-order valence-electron chi connectivity index (χ2n) is 7.45. The van der Waals surface area contributed by atoms with Crippen LogP contribution in [0.4, 0.5) is 10.8 Å². The fourth-order valence-corrected chi connectivity index (χ4v) is 5.50. The lowest BCUT2D eigenvalue weighted by molar-refractivity contribution is -0.686. The number of nitrogen functional groups attached to an aromatic ring is 2. The predicted octanol–water partition coefficient (Wildman–Crippen LogP) is -1.39. The molecule has 2 atom stereocenters. The minimum Gasteiger partial charge on any atom is -0.543 e. The van der Waals surface area contributed by atoms with Crippen LogP contribution in [0.2, 0.25) is 0 Å². The highest BCUT2D eigenvalue weighted by molar-refractivity contribution is 8.00. The fourth-order valence-electron chi connectivity index (χ4n) is 3.63. The topological polar surface area (TPSA) is 180 Å². The first-order valence-electron chi connectivity index (χ1n) is 10.2. The zero-order valence-electron chi connectivity index (χ0n) is 18.4. The van der Waals surface area contributed by atoms with Crippen LogP contribution >= 0.6 is 23.1 Å². The number of β-lactam (4-membered cyclic amide) rings is 1. The quantitative estimate of drug-likeness (QED) is 0.165. The maximum Gasteiger partial charge on any atom is 0.276 e. The Morgan fingerprint density at radius 1 is 1.46 bits per heavy atom. The van der Waals surface area contributed by atoms with Crippen molar-refractivity contribution in [1.82, 2.24) is 15.2 Å². The average Bonchev–Trinajstić information content (AvgIpc) is 3.26. The first-order valence-corrected chi connectivity index (χ1v) is 12.2. The van der Waals surface area contributed by atoms with Gasteiger partial charge in [-0.3, -0.25) is 14.5 Å². The number of anilines is 2. The highest BCUT2D eigenvalue weighted by atomic mass is 32.2. The summed E-state index contributed by atoms with van der Waals surface area (Å²) in [5.41, 5.74) is 12.3. The number of carbonyl (C=O) groups is 3. The van der Waals surface area contributed by atoms with Gasteiger partial charge in [-0.2, -0.15) is 4.57 Å². The number of allylic oxidation sites excluding steroid dienone is 2. The molecule has 0 saturated carbocycles. The van der Waals surface area contributed by atoms with Gasteiger partial charge in [-0.1, -0.05) is 11.2 Å². The van der Waals surface area contributed by atoms with Crippen molar-refractivity contribution in [2.45, 2.75) is 18.0 Å². The average molecular weight is 516 g/mol. The molecule has 4 heterocycles. The summed E-state index contributed by atoms with van der Waals surface area (Å²) in [6.45, 7) is 0.457. The number of fused-ring (bicyclic) bond motifs is 1. The van der Waals surface area contributed by atoms with Crippen molar-refractivity contribution in [3.63, 3.8) is 0 Å². The van der Waals surface area contributed by atoms with Crippen LogP contribution in [0.1, 0.15) is 5.69 Å². The molecular weight excluding hydrogens is 494 g/mol. The van der Waals surface area contributed by atoms with E-state index in [1.54, 1.807) is 30.5 Å². The van der Waals surface area contributed by atoms with Crippen molar-refractivity contribution in [2.24, 2.45) is 5.16 Å². The number of rotatable bonds is 8. The second-order valence-corrected chi connectivity index (χ2v) is 9.45. The number of aromatic nitrogens is 2. The highest BCUT2D eigenvalue weighted by Gasteiger charge is 2.53. The van der Waals surface area contributed by atoms with Crippen LogP contribution in [0.15, 0.2) is 58.5 Å². The number of nitrogens with two attached hydrogens (primary N) is 2. The second kappa shape index (κ2) is 10.1. The number of thiazole rings is 1. The standard InChI is InChI=1S/C21H21N7O5S2/c1-33-26-14(13-10-35-21(23)24-13)17(29)25-15-18(30)28-16(20(31)32)11(9-34-19(15)28)4-2-6-27-7-3-5-12(22)8-27/h2-5,7-8,10,15,19H,6,9,22H2,1H3,(H3-,23,24,25,29,31,32)/b4-2+,26-14-/t15?,19-/m1/s1. The lowest BCUT2D eigenvalue weighted by atomic mass is 10.0. The van der Waals surface area contributed by atoms with Gasteiger partial charge in [0.15, 0.2) is 29.8 Å². The molecular formula is C21H21N7O5S2. The fraction of sp³-hybridized carbons (Fsp3) is 0.238. The smallest absolute Gasteiger partial charge is 0.276 e. The Hall–Kier alpha value is -3.91. The van der Waals surface area contributed by atoms with Crippen LogP contribution in [0, 0.1) is 0 Å². The molecule has 0 radical (unpaired) electrons. The lowest BCUT2D eigenvalue weighted by Gasteiger charge is -2.50. The van der Waals surface area contributed by atoms with Crippen molar-refractivity contribution in [2.75, 3.05) is 24.3 Å². The largest absolute Gasteiger partial charge is 0.543 e. The van der Waals surface area contributed by atoms with Crippen molar-refractivity contribution >= 4 is 57.4 Å². The number of hydrogen-bond acceptors (Lipinski definition) is 11. The summed E-state index contributed by atoms with van der Waals surface area (Å²) in [7, 11) is 1.27. The number of thioether (sulfide) groups is 1. The molecule has 2 aromatic heterocycles. The van der Waals surface area contributed by atoms with Gasteiger partial charge >= 0.3 is 0 Å². The number of carboxylic acid groups (broad SMARTS) is 1. The Kier molecular flexibility index (Phi) is 7.02. The number of carbonyl (C=O) groups excluding carboxylic acids is 3. The maximum atomic E-state index is 12.9. The monoisotopic (exact) mass is 515 g/mol. The van der Waals surface area contributed by atoms with Crippen LogP contribution in [0.5, 0.6) is 0 Å². The summed E-state index contributed by atoms with van der Waals surface area (Å²) in [4.78, 5) is 47.5. The van der Waals surface area contributed by atoms with E-state index in [-0.39, 0.29) is 22.2 Å². The van der Waals surface area contributed by atoms with Crippen molar-refractivity contribution < 1.29 is 28.9 Å². The van der Waals surface area contributed by atoms with E-state index in [1.165, 1.54) is 24.3 Å². The summed E-state index contributed by atoms with van der Waals surface area (Å²) in [5.74, 6) is -2.42. The number of amides is 2. The molecule has 1 unspecified atom stereocenters. The van der Waals surface area contributed by atoms with E-state index >= 15 is 0 Å². The SMILES string of the molecule is CO/N=C(\C(=O)NC1C(=O)N2C(C(=O)[O-])=C(/C=C/C[n+]3cccc(N)c3)CS[C@H]12)c1csc(N)n1. The summed E-state index contributed by atoms with van der Waals surface area (Å²) in [6.07, 6.45) is 7.00. The molecule has 2 amide bonds. The molecule has 1 saturated heterocycles.